The highest BCUT2D eigenvalue weighted by Gasteiger charge is 2.34. The second-order valence-corrected chi connectivity index (χ2v) is 17.6. The number of hydrogen-bond acceptors (Lipinski definition) is 10. The maximum absolute atomic E-state index is 14.6. The Labute approximate surface area is 373 Å². The van der Waals surface area contributed by atoms with Gasteiger partial charge in [-0.3, -0.25) is 24.0 Å². The lowest BCUT2D eigenvalue weighted by molar-refractivity contribution is -0.143. The molecule has 3 fully saturated rings. The number of aromatic nitrogens is 3. The SMILES string of the molecule is CCOCCOCCn1cc2cc(C[C@@H](CC(=O)N3CCC(c4cc5ccccc5n(CCOCCOCC)c4=O)CC3)C(=O)N3CCN(C4CCN(C)CC4)CC3)cc(C)c2n1. The van der Waals surface area contributed by atoms with Crippen molar-refractivity contribution in [3.05, 3.63) is 75.7 Å². The minimum Gasteiger partial charge on any atom is -0.379 e. The monoisotopic (exact) mass is 870 g/mol. The minimum absolute atomic E-state index is 0.00633. The van der Waals surface area contributed by atoms with E-state index in [-0.39, 0.29) is 29.7 Å². The second kappa shape index (κ2) is 23.1. The number of nitrogens with zero attached hydrogens (tertiary/aromatic N) is 7. The van der Waals surface area contributed by atoms with Crippen LogP contribution in [-0.2, 0) is 48.0 Å². The van der Waals surface area contributed by atoms with E-state index in [9.17, 15) is 14.4 Å². The molecule has 2 aromatic heterocycles. The molecule has 14 heteroatoms. The Morgan fingerprint density at radius 3 is 2.11 bits per heavy atom. The summed E-state index contributed by atoms with van der Waals surface area (Å²) in [5.41, 5.74) is 4.72. The first-order valence-corrected chi connectivity index (χ1v) is 23.6. The molecule has 344 valence electrons. The highest BCUT2D eigenvalue weighted by molar-refractivity contribution is 5.87. The van der Waals surface area contributed by atoms with Gasteiger partial charge in [-0.2, -0.15) is 5.10 Å². The summed E-state index contributed by atoms with van der Waals surface area (Å²) in [5.74, 6) is -0.379. The van der Waals surface area contributed by atoms with E-state index in [1.807, 2.05) is 63.4 Å². The molecule has 0 radical (unpaired) electrons. The van der Waals surface area contributed by atoms with Gasteiger partial charge in [-0.1, -0.05) is 24.3 Å². The van der Waals surface area contributed by atoms with Gasteiger partial charge in [0.15, 0.2) is 0 Å². The summed E-state index contributed by atoms with van der Waals surface area (Å²) >= 11 is 0. The lowest BCUT2D eigenvalue weighted by atomic mass is 9.88. The summed E-state index contributed by atoms with van der Waals surface area (Å²) in [6.07, 6.45) is 6.40. The maximum atomic E-state index is 14.6. The molecule has 0 N–H and O–H groups in total. The molecule has 0 saturated carbocycles. The van der Waals surface area contributed by atoms with Crippen molar-refractivity contribution in [2.45, 2.75) is 84.3 Å². The van der Waals surface area contributed by atoms with Gasteiger partial charge in [0.1, 0.15) is 0 Å². The number of likely N-dealkylation sites (tertiary alicyclic amines) is 2. The van der Waals surface area contributed by atoms with E-state index in [0.717, 1.165) is 64.7 Å². The fourth-order valence-corrected chi connectivity index (χ4v) is 9.81. The molecular weight excluding hydrogens is 799 g/mol. The van der Waals surface area contributed by atoms with Gasteiger partial charge < -0.3 is 38.2 Å². The number of hydrogen-bond donors (Lipinski definition) is 0. The summed E-state index contributed by atoms with van der Waals surface area (Å²) in [7, 11) is 2.19. The maximum Gasteiger partial charge on any atom is 0.254 e. The van der Waals surface area contributed by atoms with Crippen molar-refractivity contribution in [1.82, 2.24) is 33.9 Å². The second-order valence-electron chi connectivity index (χ2n) is 17.6. The smallest absolute Gasteiger partial charge is 0.254 e. The number of para-hydroxylation sites is 1. The number of benzene rings is 2. The molecule has 14 nitrogen and oxygen atoms in total. The fraction of sp³-hybridized carbons (Fsp3) is 0.633. The summed E-state index contributed by atoms with van der Waals surface area (Å²) in [6, 6.07) is 14.9. The first-order valence-electron chi connectivity index (χ1n) is 23.6. The molecular formula is C49H71N7O7. The standard InChI is InChI=1S/C49H71N7O7/c1-5-60-27-29-62-25-23-55-36-42-33-38(31-37(3)47(42)50-55)32-41(48(58)54-21-19-52(20-22-54)43-13-15-51(4)16-14-43)35-46(57)53-17-11-39(12-18-53)44-34-40-9-7-8-10-45(40)56(49(44)59)24-26-63-30-28-61-6-2/h7-10,31,33-34,36,39,41,43H,5-6,11-30,32,35H2,1-4H3/t41-/m0/s1. The van der Waals surface area contributed by atoms with Gasteiger partial charge >= 0.3 is 0 Å². The zero-order valence-electron chi connectivity index (χ0n) is 38.3. The molecule has 2 amide bonds. The molecule has 0 bridgehead atoms. The Morgan fingerprint density at radius 2 is 1.41 bits per heavy atom. The summed E-state index contributed by atoms with van der Waals surface area (Å²) in [5, 5.41) is 6.89. The molecule has 2 aromatic carbocycles. The third kappa shape index (κ3) is 12.3. The molecule has 3 aliphatic heterocycles. The highest BCUT2D eigenvalue weighted by atomic mass is 16.5. The van der Waals surface area contributed by atoms with E-state index in [1.165, 1.54) is 12.8 Å². The molecule has 63 heavy (non-hydrogen) atoms. The average Bonchev–Trinajstić information content (AvgIpc) is 3.72. The van der Waals surface area contributed by atoms with Gasteiger partial charge in [0.25, 0.3) is 5.56 Å². The van der Waals surface area contributed by atoms with E-state index in [4.69, 9.17) is 24.0 Å². The number of aryl methyl sites for hydroxylation is 1. The topological polar surface area (TPSA) is 124 Å². The van der Waals surface area contributed by atoms with Crippen molar-refractivity contribution >= 4 is 33.6 Å². The van der Waals surface area contributed by atoms with Crippen LogP contribution in [0.3, 0.4) is 0 Å². The van der Waals surface area contributed by atoms with Gasteiger partial charge in [-0.15, -0.1) is 0 Å². The van der Waals surface area contributed by atoms with Crippen LogP contribution in [0.4, 0.5) is 0 Å². The van der Waals surface area contributed by atoms with Crippen molar-refractivity contribution in [2.75, 3.05) is 112 Å². The van der Waals surface area contributed by atoms with Gasteiger partial charge in [-0.25, -0.2) is 0 Å². The van der Waals surface area contributed by atoms with Crippen LogP contribution in [0, 0.1) is 12.8 Å². The van der Waals surface area contributed by atoms with Crippen molar-refractivity contribution in [2.24, 2.45) is 5.92 Å². The lowest BCUT2D eigenvalue weighted by Crippen LogP contribution is -2.55. The number of ether oxygens (including phenoxy) is 4. The van der Waals surface area contributed by atoms with Gasteiger partial charge in [0, 0.05) is 88.6 Å². The third-order valence-corrected chi connectivity index (χ3v) is 13.4. The molecule has 0 unspecified atom stereocenters. The number of carbonyl (C=O) groups is 2. The first kappa shape index (κ1) is 46.8. The minimum atomic E-state index is -0.487. The van der Waals surface area contributed by atoms with E-state index < -0.39 is 5.92 Å². The van der Waals surface area contributed by atoms with Gasteiger partial charge in [0.2, 0.25) is 11.8 Å². The number of piperidine rings is 2. The molecule has 3 aliphatic rings. The Kier molecular flexibility index (Phi) is 17.2. The number of rotatable bonds is 21. The van der Waals surface area contributed by atoms with E-state index >= 15 is 0 Å². The fourth-order valence-electron chi connectivity index (χ4n) is 9.81. The predicted molar refractivity (Wildman–Crippen MR) is 246 cm³/mol. The Hall–Kier alpha value is -4.18. The molecule has 3 saturated heterocycles. The van der Waals surface area contributed by atoms with Crippen LogP contribution < -0.4 is 5.56 Å². The Bertz CT molecular complexity index is 2150. The molecule has 7 rings (SSSR count). The van der Waals surface area contributed by atoms with E-state index in [0.29, 0.717) is 117 Å². The summed E-state index contributed by atoms with van der Waals surface area (Å²) < 4.78 is 26.1. The summed E-state index contributed by atoms with van der Waals surface area (Å²) in [4.78, 5) is 51.9. The van der Waals surface area contributed by atoms with Crippen LogP contribution in [0.25, 0.3) is 21.8 Å². The van der Waals surface area contributed by atoms with Gasteiger partial charge in [-0.05, 0) is 114 Å². The van der Waals surface area contributed by atoms with E-state index in [2.05, 4.69) is 42.0 Å². The normalized spacial score (nSPS) is 17.9. The highest BCUT2D eigenvalue weighted by Crippen LogP contribution is 2.30. The quantitative estimate of drug-likeness (QED) is 0.106. The summed E-state index contributed by atoms with van der Waals surface area (Å²) in [6.45, 7) is 17.9. The zero-order chi connectivity index (χ0) is 44.1. The number of fused-ring (bicyclic) bond motifs is 2. The van der Waals surface area contributed by atoms with Crippen LogP contribution in [0.2, 0.25) is 0 Å². The lowest BCUT2D eigenvalue weighted by Gasteiger charge is -2.43. The Morgan fingerprint density at radius 1 is 0.746 bits per heavy atom. The van der Waals surface area contributed by atoms with Crippen molar-refractivity contribution in [3.8, 4) is 0 Å². The van der Waals surface area contributed by atoms with Crippen LogP contribution >= 0.6 is 0 Å². The number of piperazine rings is 1. The van der Waals surface area contributed by atoms with Crippen LogP contribution in [0.5, 0.6) is 0 Å². The van der Waals surface area contributed by atoms with Crippen molar-refractivity contribution < 1.29 is 28.5 Å². The molecule has 4 aromatic rings. The molecule has 1 atom stereocenters. The first-order chi connectivity index (χ1) is 30.7. The van der Waals surface area contributed by atoms with E-state index in [1.54, 1.807) is 0 Å². The predicted octanol–water partition coefficient (Wildman–Crippen LogP) is 4.96. The van der Waals surface area contributed by atoms with Crippen LogP contribution in [0.1, 0.15) is 68.6 Å². The number of pyridine rings is 1. The molecule has 5 heterocycles. The number of carbonyl (C=O) groups excluding carboxylic acids is 2. The van der Waals surface area contributed by atoms with Crippen LogP contribution in [0.15, 0.2) is 53.5 Å². The van der Waals surface area contributed by atoms with Crippen molar-refractivity contribution in [3.63, 3.8) is 0 Å². The van der Waals surface area contributed by atoms with Crippen LogP contribution in [-0.4, -0.2) is 164 Å². The largest absolute Gasteiger partial charge is 0.379 e. The third-order valence-electron chi connectivity index (χ3n) is 13.4. The molecule has 0 aliphatic carbocycles. The average molecular weight is 870 g/mol. The Balaban J connectivity index is 1.02. The zero-order valence-corrected chi connectivity index (χ0v) is 38.3. The number of amides is 2. The van der Waals surface area contributed by atoms with Crippen molar-refractivity contribution in [1.29, 1.82) is 0 Å². The van der Waals surface area contributed by atoms with Gasteiger partial charge in [0.05, 0.1) is 63.1 Å². The molecule has 0 spiro atoms.